The number of carbonyl (C=O) groups excluding carboxylic acids is 2. The lowest BCUT2D eigenvalue weighted by atomic mass is 9.96. The van der Waals surface area contributed by atoms with E-state index in [9.17, 15) is 9.59 Å². The van der Waals surface area contributed by atoms with Crippen LogP contribution in [0, 0.1) is 13.8 Å². The Morgan fingerprint density at radius 2 is 1.60 bits per heavy atom. The summed E-state index contributed by atoms with van der Waals surface area (Å²) in [6, 6.07) is 21.7. The molecule has 0 unspecified atom stereocenters. The van der Waals surface area contributed by atoms with E-state index in [1.807, 2.05) is 29.9 Å². The average Bonchev–Trinajstić information content (AvgIpc) is 3.62. The van der Waals surface area contributed by atoms with E-state index in [4.69, 9.17) is 9.72 Å². The molecule has 0 bridgehead atoms. The van der Waals surface area contributed by atoms with Crippen LogP contribution >= 0.6 is 0 Å². The van der Waals surface area contributed by atoms with E-state index >= 15 is 0 Å². The largest absolute Gasteiger partial charge is 0.381 e. The van der Waals surface area contributed by atoms with Gasteiger partial charge in [0, 0.05) is 93.0 Å². The molecule has 4 heterocycles. The number of aryl methyl sites for hydroxylation is 4. The average molecular weight is 771 g/mol. The summed E-state index contributed by atoms with van der Waals surface area (Å²) in [5, 5.41) is 19.2. The quantitative estimate of drug-likeness (QED) is 0.102. The van der Waals surface area contributed by atoms with Crippen LogP contribution in [-0.2, 0) is 37.3 Å². The van der Waals surface area contributed by atoms with Crippen LogP contribution in [-0.4, -0.2) is 75.9 Å². The summed E-state index contributed by atoms with van der Waals surface area (Å²) in [6.45, 7) is 18.5. The second kappa shape index (κ2) is 18.0. The van der Waals surface area contributed by atoms with Crippen LogP contribution in [0.1, 0.15) is 94.8 Å². The second-order valence-electron chi connectivity index (χ2n) is 16.0. The number of aromatic nitrogens is 3. The first kappa shape index (κ1) is 40.1. The monoisotopic (exact) mass is 770 g/mol. The van der Waals surface area contributed by atoms with Crippen LogP contribution in [0.5, 0.6) is 0 Å². The third-order valence-electron chi connectivity index (χ3n) is 11.2. The summed E-state index contributed by atoms with van der Waals surface area (Å²) in [5.74, 6) is -0.474. The zero-order chi connectivity index (χ0) is 40.1. The van der Waals surface area contributed by atoms with Gasteiger partial charge in [-0.1, -0.05) is 37.3 Å². The van der Waals surface area contributed by atoms with E-state index in [1.54, 1.807) is 6.07 Å². The lowest BCUT2D eigenvalue weighted by Crippen LogP contribution is -2.53. The number of nitrogens with one attached hydrogen (secondary N) is 4. The summed E-state index contributed by atoms with van der Waals surface area (Å²) in [5.41, 5.74) is 11.2. The number of rotatable bonds is 13. The van der Waals surface area contributed by atoms with Crippen LogP contribution in [0.3, 0.4) is 0 Å². The molecule has 2 saturated heterocycles. The van der Waals surface area contributed by atoms with Gasteiger partial charge in [-0.3, -0.25) is 14.5 Å². The Kier molecular flexibility index (Phi) is 12.7. The number of carbonyl (C=O) groups is 2. The number of hydrogen-bond acceptors (Lipinski definition) is 8. The molecule has 7 rings (SSSR count). The zero-order valence-electron chi connectivity index (χ0n) is 34.4. The maximum Gasteiger partial charge on any atom is 0.251 e. The number of anilines is 1. The van der Waals surface area contributed by atoms with Gasteiger partial charge in [0.2, 0.25) is 0 Å². The highest BCUT2D eigenvalue weighted by molar-refractivity contribution is 6.00. The lowest BCUT2D eigenvalue weighted by molar-refractivity contribution is 0.0904. The van der Waals surface area contributed by atoms with E-state index in [0.29, 0.717) is 55.9 Å². The minimum Gasteiger partial charge on any atom is -0.381 e. The molecule has 2 fully saturated rings. The van der Waals surface area contributed by atoms with Crippen LogP contribution in [0.4, 0.5) is 5.69 Å². The molecule has 300 valence electrons. The Morgan fingerprint density at radius 1 is 0.877 bits per heavy atom. The number of nitrogens with zero attached hydrogens (tertiary/aromatic N) is 4. The van der Waals surface area contributed by atoms with Crippen molar-refractivity contribution in [3.63, 3.8) is 0 Å². The lowest BCUT2D eigenvalue weighted by Gasteiger charge is -2.36. The Balaban J connectivity index is 1.03. The van der Waals surface area contributed by atoms with E-state index in [1.165, 1.54) is 16.7 Å². The zero-order valence-corrected chi connectivity index (χ0v) is 34.4. The summed E-state index contributed by atoms with van der Waals surface area (Å²) in [6.07, 6.45) is 4.39. The molecule has 0 saturated carbocycles. The van der Waals surface area contributed by atoms with Crippen molar-refractivity contribution in [1.29, 1.82) is 0 Å². The molecule has 11 heteroatoms. The van der Waals surface area contributed by atoms with Gasteiger partial charge >= 0.3 is 0 Å². The predicted molar refractivity (Wildman–Crippen MR) is 228 cm³/mol. The van der Waals surface area contributed by atoms with Crippen LogP contribution in [0.25, 0.3) is 22.2 Å². The van der Waals surface area contributed by atoms with Gasteiger partial charge in [0.25, 0.3) is 11.8 Å². The molecule has 4 N–H and O–H groups in total. The van der Waals surface area contributed by atoms with Crippen molar-refractivity contribution in [3.05, 3.63) is 111 Å². The van der Waals surface area contributed by atoms with Crippen LogP contribution in [0.2, 0.25) is 0 Å². The number of benzene rings is 3. The first-order valence-electron chi connectivity index (χ1n) is 20.6. The van der Waals surface area contributed by atoms with Crippen molar-refractivity contribution in [3.8, 4) is 11.1 Å². The number of hydrogen-bond donors (Lipinski definition) is 4. The summed E-state index contributed by atoms with van der Waals surface area (Å²) in [4.78, 5) is 34.9. The fourth-order valence-electron chi connectivity index (χ4n) is 8.46. The Hall–Kier alpha value is -5.10. The summed E-state index contributed by atoms with van der Waals surface area (Å²) < 4.78 is 7.53. The normalized spacial score (nSPS) is 17.8. The van der Waals surface area contributed by atoms with Crippen molar-refractivity contribution >= 4 is 28.5 Å². The molecule has 57 heavy (non-hydrogen) atoms. The van der Waals surface area contributed by atoms with Crippen molar-refractivity contribution in [2.24, 2.45) is 0 Å². The van der Waals surface area contributed by atoms with Gasteiger partial charge in [-0.2, -0.15) is 5.10 Å². The number of ether oxygens (including phenoxy) is 1. The van der Waals surface area contributed by atoms with Crippen molar-refractivity contribution in [1.82, 2.24) is 35.6 Å². The number of pyridine rings is 1. The van der Waals surface area contributed by atoms with Crippen LogP contribution in [0.15, 0.2) is 66.9 Å². The minimum atomic E-state index is -0.248. The van der Waals surface area contributed by atoms with Gasteiger partial charge in [-0.25, -0.2) is 9.67 Å². The van der Waals surface area contributed by atoms with Gasteiger partial charge in [0.1, 0.15) is 0 Å². The molecule has 2 atom stereocenters. The van der Waals surface area contributed by atoms with Gasteiger partial charge in [0.15, 0.2) is 5.65 Å². The number of fused-ring (bicyclic) bond motifs is 1. The number of amides is 2. The molecule has 11 nitrogen and oxygen atoms in total. The standard InChI is InChI=1S/C46H58N8O3/c1-7-42-40(43(51-38-14-16-57-17-15-38)41-25-49-54(8-2)44(41)52-42)24-48-46(56)37-19-29(3)18-36(22-37)45(55)47-23-33-13-12-30(4)39(21-33)35-11-9-10-34(20-35)28-53-26-31(5)50-32(6)27-53/h9-13,18-22,25,31-32,38,50H,7-8,14-17,23-24,26-28H2,1-6H3,(H,47,55)(H,48,56)(H,51,52)/t31-,32+. The van der Waals surface area contributed by atoms with Crippen molar-refractivity contribution < 1.29 is 14.3 Å². The highest BCUT2D eigenvalue weighted by Crippen LogP contribution is 2.32. The maximum atomic E-state index is 13.8. The molecule has 3 aromatic carbocycles. The smallest absolute Gasteiger partial charge is 0.251 e. The van der Waals surface area contributed by atoms with Crippen LogP contribution < -0.4 is 21.3 Å². The first-order valence-corrected chi connectivity index (χ1v) is 20.6. The molecule has 2 aromatic heterocycles. The maximum absolute atomic E-state index is 13.8. The third-order valence-corrected chi connectivity index (χ3v) is 11.2. The first-order chi connectivity index (χ1) is 27.6. The Bertz CT molecular complexity index is 2220. The molecule has 0 aliphatic carbocycles. The molecular weight excluding hydrogens is 713 g/mol. The fourth-order valence-corrected chi connectivity index (χ4v) is 8.46. The minimum absolute atomic E-state index is 0.227. The summed E-state index contributed by atoms with van der Waals surface area (Å²) in [7, 11) is 0. The van der Waals surface area contributed by atoms with E-state index in [2.05, 4.69) is 108 Å². The van der Waals surface area contributed by atoms with E-state index in [-0.39, 0.29) is 24.4 Å². The van der Waals surface area contributed by atoms with Gasteiger partial charge in [0.05, 0.1) is 17.3 Å². The summed E-state index contributed by atoms with van der Waals surface area (Å²) >= 11 is 0. The fraction of sp³-hybridized carbons (Fsp3) is 0.435. The highest BCUT2D eigenvalue weighted by atomic mass is 16.5. The SMILES string of the molecule is CCc1nc2c(cnn2CC)c(NC2CCOCC2)c1CNC(=O)c1cc(C)cc(C(=O)NCc2ccc(C)c(-c3cccc(CN4C[C@@H](C)N[C@@H](C)C4)c3)c2)c1. The van der Waals surface area contributed by atoms with Crippen molar-refractivity contribution in [2.45, 2.75) is 105 Å². The van der Waals surface area contributed by atoms with Gasteiger partial charge < -0.3 is 26.0 Å². The molecule has 2 amide bonds. The highest BCUT2D eigenvalue weighted by Gasteiger charge is 2.24. The number of piperazine rings is 1. The topological polar surface area (TPSA) is 125 Å². The van der Waals surface area contributed by atoms with Gasteiger partial charge in [-0.15, -0.1) is 0 Å². The van der Waals surface area contributed by atoms with Gasteiger partial charge in [-0.05, 0) is 118 Å². The second-order valence-corrected chi connectivity index (χ2v) is 16.0. The third kappa shape index (κ3) is 9.55. The Labute approximate surface area is 337 Å². The van der Waals surface area contributed by atoms with Crippen molar-refractivity contribution in [2.75, 3.05) is 31.6 Å². The molecule has 0 spiro atoms. The van der Waals surface area contributed by atoms with E-state index < -0.39 is 0 Å². The Morgan fingerprint density at radius 3 is 2.30 bits per heavy atom. The molecule has 5 aromatic rings. The molecule has 2 aliphatic rings. The predicted octanol–water partition coefficient (Wildman–Crippen LogP) is 6.93. The molecule has 2 aliphatic heterocycles. The molecule has 0 radical (unpaired) electrons. The molecular formula is C46H58N8O3. The van der Waals surface area contributed by atoms with E-state index in [0.717, 1.165) is 77.1 Å².